The van der Waals surface area contributed by atoms with Crippen LogP contribution < -0.4 is 10.1 Å². The molecule has 0 radical (unpaired) electrons. The molecule has 0 aliphatic carbocycles. The molecule has 3 aromatic rings. The van der Waals surface area contributed by atoms with Crippen LogP contribution in [0.15, 0.2) is 66.7 Å². The van der Waals surface area contributed by atoms with Crippen molar-refractivity contribution in [3.8, 4) is 5.75 Å². The van der Waals surface area contributed by atoms with Crippen molar-refractivity contribution >= 4 is 17.5 Å². The normalized spacial score (nSPS) is 15.5. The fourth-order valence-corrected chi connectivity index (χ4v) is 4.38. The molecule has 1 amide bonds. The Labute approximate surface area is 207 Å². The van der Waals surface area contributed by atoms with Crippen molar-refractivity contribution in [3.05, 3.63) is 100 Å². The quantitative estimate of drug-likeness (QED) is 0.426. The average Bonchev–Trinajstić information content (AvgIpc) is 2.86. The summed E-state index contributed by atoms with van der Waals surface area (Å²) in [6.07, 6.45) is 1.26. The van der Waals surface area contributed by atoms with E-state index in [1.165, 1.54) is 6.07 Å². The summed E-state index contributed by atoms with van der Waals surface area (Å²) < 4.78 is 46.9. The Hall–Kier alpha value is -3.03. The Kier molecular flexibility index (Phi) is 8.31. The zero-order chi connectivity index (χ0) is 24.8. The number of carbonyl (C=O) groups excluding carboxylic acids is 1. The molecule has 0 aromatic heterocycles. The predicted octanol–water partition coefficient (Wildman–Crippen LogP) is 5.75. The van der Waals surface area contributed by atoms with Gasteiger partial charge in [-0.3, -0.25) is 9.69 Å². The van der Waals surface area contributed by atoms with Gasteiger partial charge in [0.05, 0.1) is 6.04 Å². The van der Waals surface area contributed by atoms with Crippen LogP contribution in [0.3, 0.4) is 0 Å². The zero-order valence-electron chi connectivity index (χ0n) is 19.0. The second-order valence-corrected chi connectivity index (χ2v) is 8.99. The second-order valence-electron chi connectivity index (χ2n) is 8.55. The first-order valence-corrected chi connectivity index (χ1v) is 11.9. The Bertz CT molecular complexity index is 1150. The van der Waals surface area contributed by atoms with Gasteiger partial charge < -0.3 is 10.1 Å². The van der Waals surface area contributed by atoms with Crippen LogP contribution in [0.1, 0.15) is 30.0 Å². The number of benzene rings is 3. The van der Waals surface area contributed by atoms with E-state index in [4.69, 9.17) is 16.3 Å². The van der Waals surface area contributed by atoms with Crippen molar-refractivity contribution in [2.24, 2.45) is 5.92 Å². The highest BCUT2D eigenvalue weighted by atomic mass is 35.5. The van der Waals surface area contributed by atoms with Gasteiger partial charge >= 0.3 is 0 Å². The van der Waals surface area contributed by atoms with Crippen LogP contribution in [0.2, 0.25) is 5.02 Å². The molecule has 0 saturated carbocycles. The number of rotatable bonds is 8. The van der Waals surface area contributed by atoms with Crippen LogP contribution in [-0.2, 0) is 4.79 Å². The monoisotopic (exact) mass is 502 g/mol. The predicted molar refractivity (Wildman–Crippen MR) is 129 cm³/mol. The largest absolute Gasteiger partial charge is 0.489 e. The van der Waals surface area contributed by atoms with Gasteiger partial charge in [0.15, 0.2) is 11.6 Å². The smallest absolute Gasteiger partial charge is 0.223 e. The van der Waals surface area contributed by atoms with E-state index in [2.05, 4.69) is 10.2 Å². The molecular formula is C27H26ClF3N2O2. The molecule has 1 heterocycles. The lowest BCUT2D eigenvalue weighted by Gasteiger charge is -2.32. The highest BCUT2D eigenvalue weighted by molar-refractivity contribution is 6.30. The third-order valence-electron chi connectivity index (χ3n) is 6.22. The minimum atomic E-state index is -0.631. The zero-order valence-corrected chi connectivity index (χ0v) is 19.8. The number of halogens is 4. The van der Waals surface area contributed by atoms with E-state index < -0.39 is 23.5 Å². The van der Waals surface area contributed by atoms with Gasteiger partial charge in [0.25, 0.3) is 0 Å². The van der Waals surface area contributed by atoms with Crippen molar-refractivity contribution < 1.29 is 22.7 Å². The van der Waals surface area contributed by atoms with Gasteiger partial charge in [-0.1, -0.05) is 41.9 Å². The number of amides is 1. The summed E-state index contributed by atoms with van der Waals surface area (Å²) in [4.78, 5) is 15.2. The van der Waals surface area contributed by atoms with E-state index in [-0.39, 0.29) is 24.2 Å². The maximum Gasteiger partial charge on any atom is 0.223 e. The van der Waals surface area contributed by atoms with E-state index in [9.17, 15) is 18.0 Å². The number of hydrogen-bond acceptors (Lipinski definition) is 3. The summed E-state index contributed by atoms with van der Waals surface area (Å²) >= 11 is 6.01. The van der Waals surface area contributed by atoms with Gasteiger partial charge in [0, 0.05) is 29.1 Å². The third-order valence-corrected chi connectivity index (χ3v) is 6.47. The molecule has 1 aliphatic rings. The lowest BCUT2D eigenvalue weighted by molar-refractivity contribution is -0.127. The van der Waals surface area contributed by atoms with Crippen LogP contribution >= 0.6 is 11.6 Å². The maximum atomic E-state index is 14.6. The molecule has 1 aliphatic heterocycles. The molecule has 0 bridgehead atoms. The number of piperidine rings is 1. The Morgan fingerprint density at radius 1 is 1.00 bits per heavy atom. The SMILES string of the molecule is O=C(NC(c1ccc(Cl)cc1)c1ccccc1F)C1CCN(CCOc2cc(F)ccc2F)CC1. The van der Waals surface area contributed by atoms with E-state index in [1.54, 1.807) is 42.5 Å². The molecule has 4 nitrogen and oxygen atoms in total. The first-order valence-electron chi connectivity index (χ1n) is 11.5. The molecule has 1 unspecified atom stereocenters. The number of likely N-dealkylation sites (tertiary alicyclic amines) is 1. The topological polar surface area (TPSA) is 41.6 Å². The van der Waals surface area contributed by atoms with Crippen LogP contribution in [0, 0.1) is 23.4 Å². The minimum Gasteiger partial charge on any atom is -0.489 e. The molecule has 184 valence electrons. The summed E-state index contributed by atoms with van der Waals surface area (Å²) in [5.41, 5.74) is 1.13. The van der Waals surface area contributed by atoms with Crippen molar-refractivity contribution in [1.29, 1.82) is 0 Å². The standard InChI is InChI=1S/C27H26ClF3N2O2/c28-20-7-5-18(6-8-20)26(22-3-1-2-4-23(22)30)32-27(34)19-11-13-33(14-12-19)15-16-35-25-17-21(29)9-10-24(25)31/h1-10,17,19,26H,11-16H2,(H,32,34). The van der Waals surface area contributed by atoms with Crippen LogP contribution in [0.5, 0.6) is 5.75 Å². The number of hydrogen-bond donors (Lipinski definition) is 1. The van der Waals surface area contributed by atoms with E-state index in [1.807, 2.05) is 0 Å². The first kappa shape index (κ1) is 25.1. The summed E-state index contributed by atoms with van der Waals surface area (Å²) in [6.45, 7) is 2.08. The first-order chi connectivity index (χ1) is 16.9. The highest BCUT2D eigenvalue weighted by Crippen LogP contribution is 2.27. The molecule has 1 saturated heterocycles. The fraction of sp³-hybridized carbons (Fsp3) is 0.296. The molecule has 1 atom stereocenters. The number of carbonyl (C=O) groups is 1. The van der Waals surface area contributed by atoms with Crippen molar-refractivity contribution in [1.82, 2.24) is 10.2 Å². The molecule has 1 N–H and O–H groups in total. The summed E-state index contributed by atoms with van der Waals surface area (Å²) in [7, 11) is 0. The van der Waals surface area contributed by atoms with Gasteiger partial charge in [-0.15, -0.1) is 0 Å². The van der Waals surface area contributed by atoms with E-state index >= 15 is 0 Å². The van der Waals surface area contributed by atoms with Crippen molar-refractivity contribution in [2.75, 3.05) is 26.2 Å². The molecule has 1 fully saturated rings. The average molecular weight is 503 g/mol. The number of nitrogens with one attached hydrogen (secondary N) is 1. The summed E-state index contributed by atoms with van der Waals surface area (Å²) in [6, 6.07) is 15.9. The molecule has 4 rings (SSSR count). The van der Waals surface area contributed by atoms with Crippen LogP contribution in [0.25, 0.3) is 0 Å². The maximum absolute atomic E-state index is 14.6. The number of ether oxygens (including phenoxy) is 1. The molecule has 3 aromatic carbocycles. The van der Waals surface area contributed by atoms with Crippen LogP contribution in [0.4, 0.5) is 13.2 Å². The van der Waals surface area contributed by atoms with Gasteiger partial charge in [0.2, 0.25) is 5.91 Å². The highest BCUT2D eigenvalue weighted by Gasteiger charge is 2.28. The Balaban J connectivity index is 1.33. The summed E-state index contributed by atoms with van der Waals surface area (Å²) in [5, 5.41) is 3.59. The van der Waals surface area contributed by atoms with Gasteiger partial charge in [-0.2, -0.15) is 0 Å². The van der Waals surface area contributed by atoms with Crippen molar-refractivity contribution in [3.63, 3.8) is 0 Å². The van der Waals surface area contributed by atoms with E-state index in [0.29, 0.717) is 43.1 Å². The Morgan fingerprint density at radius 3 is 2.43 bits per heavy atom. The van der Waals surface area contributed by atoms with Gasteiger partial charge in [-0.05, 0) is 61.8 Å². The lowest BCUT2D eigenvalue weighted by atomic mass is 9.93. The van der Waals surface area contributed by atoms with E-state index in [0.717, 1.165) is 23.8 Å². The lowest BCUT2D eigenvalue weighted by Crippen LogP contribution is -2.43. The van der Waals surface area contributed by atoms with Crippen molar-refractivity contribution in [2.45, 2.75) is 18.9 Å². The Morgan fingerprint density at radius 2 is 1.71 bits per heavy atom. The fourth-order valence-electron chi connectivity index (χ4n) is 4.26. The van der Waals surface area contributed by atoms with Gasteiger partial charge in [0.1, 0.15) is 18.2 Å². The second kappa shape index (κ2) is 11.6. The molecular weight excluding hydrogens is 477 g/mol. The molecule has 8 heteroatoms. The minimum absolute atomic E-state index is 0.111. The van der Waals surface area contributed by atoms with Gasteiger partial charge in [-0.25, -0.2) is 13.2 Å². The molecule has 0 spiro atoms. The third kappa shape index (κ3) is 6.55. The summed E-state index contributed by atoms with van der Waals surface area (Å²) in [5.74, 6) is -2.01. The van der Waals surface area contributed by atoms with Crippen LogP contribution in [-0.4, -0.2) is 37.0 Å². The number of nitrogens with zero attached hydrogens (tertiary/aromatic N) is 1. The molecule has 35 heavy (non-hydrogen) atoms.